The molecule has 0 saturated carbocycles. The lowest BCUT2D eigenvalue weighted by Gasteiger charge is -2.08. The number of non-ortho nitro benzene ring substituents is 1. The van der Waals surface area contributed by atoms with Gasteiger partial charge in [-0.25, -0.2) is 14.8 Å². The smallest absolute Gasteiger partial charge is 0.356 e. The average molecular weight is 361 g/mol. The molecule has 0 saturated heterocycles. The van der Waals surface area contributed by atoms with Crippen LogP contribution in [0.5, 0.6) is 0 Å². The summed E-state index contributed by atoms with van der Waals surface area (Å²) in [5.41, 5.74) is 1.91. The fourth-order valence-electron chi connectivity index (χ4n) is 2.47. The van der Waals surface area contributed by atoms with Crippen LogP contribution in [0.4, 0.5) is 5.69 Å². The molecule has 3 aromatic rings. The van der Waals surface area contributed by atoms with Gasteiger partial charge in [0.2, 0.25) is 0 Å². The quantitative estimate of drug-likeness (QED) is 0.402. The van der Waals surface area contributed by atoms with Crippen LogP contribution in [0.25, 0.3) is 11.2 Å². The Bertz CT molecular complexity index is 999. The number of nitro groups is 1. The fourth-order valence-corrected chi connectivity index (χ4v) is 2.71. The molecule has 0 N–H and O–H groups in total. The highest BCUT2D eigenvalue weighted by Gasteiger charge is 2.16. The monoisotopic (exact) mass is 360 g/mol. The lowest BCUT2D eigenvalue weighted by atomic mass is 10.2. The summed E-state index contributed by atoms with van der Waals surface area (Å²) in [6, 6.07) is 7.52. The van der Waals surface area contributed by atoms with Crippen LogP contribution in [0.2, 0.25) is 5.02 Å². The van der Waals surface area contributed by atoms with E-state index in [0.29, 0.717) is 29.1 Å². The van der Waals surface area contributed by atoms with Crippen molar-refractivity contribution in [2.75, 3.05) is 7.11 Å². The van der Waals surface area contributed by atoms with Crippen LogP contribution in [0.1, 0.15) is 21.9 Å². The van der Waals surface area contributed by atoms with E-state index in [1.807, 2.05) is 0 Å². The number of pyridine rings is 1. The number of hydrogen-bond donors (Lipinski definition) is 0. The van der Waals surface area contributed by atoms with Crippen LogP contribution in [0.3, 0.4) is 0 Å². The summed E-state index contributed by atoms with van der Waals surface area (Å²) in [7, 11) is 1.29. The van der Waals surface area contributed by atoms with Crippen molar-refractivity contribution < 1.29 is 14.5 Å². The molecular weight excluding hydrogens is 348 g/mol. The van der Waals surface area contributed by atoms with Crippen molar-refractivity contribution in [1.82, 2.24) is 14.5 Å². The third-order valence-corrected chi connectivity index (χ3v) is 4.11. The molecule has 0 fully saturated rings. The summed E-state index contributed by atoms with van der Waals surface area (Å²) in [5.74, 6) is 0.139. The van der Waals surface area contributed by atoms with Crippen molar-refractivity contribution in [3.8, 4) is 0 Å². The number of aromatic nitrogens is 3. The minimum Gasteiger partial charge on any atom is -0.464 e. The molecule has 3 rings (SSSR count). The van der Waals surface area contributed by atoms with Gasteiger partial charge in [-0.2, -0.15) is 0 Å². The molecule has 0 aliphatic rings. The molecule has 2 heterocycles. The molecule has 25 heavy (non-hydrogen) atoms. The van der Waals surface area contributed by atoms with E-state index in [0.717, 1.165) is 0 Å². The Labute approximate surface area is 147 Å². The second kappa shape index (κ2) is 6.48. The Kier molecular flexibility index (Phi) is 4.37. The maximum absolute atomic E-state index is 11.7. The van der Waals surface area contributed by atoms with Gasteiger partial charge in [-0.3, -0.25) is 10.1 Å². The summed E-state index contributed by atoms with van der Waals surface area (Å²) < 4.78 is 6.48. The molecule has 0 aliphatic carbocycles. The Morgan fingerprint density at radius 1 is 1.32 bits per heavy atom. The number of hydrogen-bond acceptors (Lipinski definition) is 6. The number of methoxy groups -OCH3 is 1. The van der Waals surface area contributed by atoms with E-state index >= 15 is 0 Å². The van der Waals surface area contributed by atoms with Crippen molar-refractivity contribution in [1.29, 1.82) is 0 Å². The van der Waals surface area contributed by atoms with E-state index in [1.165, 1.54) is 19.2 Å². The highest BCUT2D eigenvalue weighted by molar-refractivity contribution is 6.31. The maximum atomic E-state index is 11.7. The fraction of sp³-hybridized carbons (Fsp3) is 0.188. The van der Waals surface area contributed by atoms with E-state index in [9.17, 15) is 14.9 Å². The number of rotatable bonds is 4. The summed E-state index contributed by atoms with van der Waals surface area (Å²) >= 11 is 6.17. The molecule has 0 spiro atoms. The first-order valence-corrected chi connectivity index (χ1v) is 7.63. The molecule has 9 heteroatoms. The van der Waals surface area contributed by atoms with Crippen LogP contribution < -0.4 is 0 Å². The SMILES string of the molecule is COC(=O)c1ccc2nc(C)n(Cc3ccc([N+](=O)[O-])cc3Cl)c2n1. The third-order valence-electron chi connectivity index (χ3n) is 3.75. The molecule has 0 unspecified atom stereocenters. The van der Waals surface area contributed by atoms with Gasteiger partial charge in [-0.1, -0.05) is 11.6 Å². The number of carbonyl (C=O) groups excluding carboxylic acids is 1. The van der Waals surface area contributed by atoms with Crippen LogP contribution >= 0.6 is 11.6 Å². The van der Waals surface area contributed by atoms with Crippen LogP contribution in [0.15, 0.2) is 30.3 Å². The second-order valence-corrected chi connectivity index (χ2v) is 5.72. The Balaban J connectivity index is 2.05. The number of halogens is 1. The van der Waals surface area contributed by atoms with E-state index in [4.69, 9.17) is 11.6 Å². The van der Waals surface area contributed by atoms with Crippen LogP contribution in [0, 0.1) is 17.0 Å². The number of esters is 1. The van der Waals surface area contributed by atoms with Crippen LogP contribution in [-0.2, 0) is 11.3 Å². The summed E-state index contributed by atoms with van der Waals surface area (Å²) in [6.07, 6.45) is 0. The minimum atomic E-state index is -0.541. The summed E-state index contributed by atoms with van der Waals surface area (Å²) in [5, 5.41) is 11.1. The number of ether oxygens (including phenoxy) is 1. The molecular formula is C16H13ClN4O4. The summed E-state index contributed by atoms with van der Waals surface area (Å²) in [4.78, 5) is 30.7. The molecule has 0 amide bonds. The lowest BCUT2D eigenvalue weighted by molar-refractivity contribution is -0.384. The van der Waals surface area contributed by atoms with Gasteiger partial charge in [0.25, 0.3) is 5.69 Å². The molecule has 0 bridgehead atoms. The molecule has 0 radical (unpaired) electrons. The molecule has 1 aromatic carbocycles. The van der Waals surface area contributed by atoms with E-state index in [-0.39, 0.29) is 16.4 Å². The van der Waals surface area contributed by atoms with Gasteiger partial charge in [-0.05, 0) is 30.7 Å². The minimum absolute atomic E-state index is 0.0768. The number of imidazole rings is 1. The van der Waals surface area contributed by atoms with Gasteiger partial charge in [0.05, 0.1) is 23.6 Å². The largest absolute Gasteiger partial charge is 0.464 e. The van der Waals surface area contributed by atoms with Gasteiger partial charge in [-0.15, -0.1) is 0 Å². The zero-order chi connectivity index (χ0) is 18.1. The Morgan fingerprint density at radius 3 is 2.72 bits per heavy atom. The van der Waals surface area contributed by atoms with Gasteiger partial charge in [0, 0.05) is 12.1 Å². The standard InChI is InChI=1S/C16H13ClN4O4/c1-9-18-13-5-6-14(16(22)25-2)19-15(13)20(9)8-10-3-4-11(21(23)24)7-12(10)17/h3-7H,8H2,1-2H3. The topological polar surface area (TPSA) is 100 Å². The van der Waals surface area contributed by atoms with Crippen LogP contribution in [-0.4, -0.2) is 32.5 Å². The predicted molar refractivity (Wildman–Crippen MR) is 90.8 cm³/mol. The molecule has 2 aromatic heterocycles. The highest BCUT2D eigenvalue weighted by atomic mass is 35.5. The third kappa shape index (κ3) is 3.16. The van der Waals surface area contributed by atoms with E-state index < -0.39 is 10.9 Å². The van der Waals surface area contributed by atoms with Gasteiger partial charge in [0.15, 0.2) is 11.3 Å². The molecule has 8 nitrogen and oxygen atoms in total. The number of carbonyl (C=O) groups is 1. The second-order valence-electron chi connectivity index (χ2n) is 5.31. The first kappa shape index (κ1) is 16.8. The zero-order valence-corrected chi connectivity index (χ0v) is 14.1. The van der Waals surface area contributed by atoms with E-state index in [1.54, 1.807) is 29.7 Å². The summed E-state index contributed by atoms with van der Waals surface area (Å²) in [6.45, 7) is 2.12. The van der Waals surface area contributed by atoms with Gasteiger partial charge >= 0.3 is 5.97 Å². The molecule has 0 aliphatic heterocycles. The predicted octanol–water partition coefficient (Wildman–Crippen LogP) is 3.14. The van der Waals surface area contributed by atoms with Crippen molar-refractivity contribution in [3.63, 3.8) is 0 Å². The number of fused-ring (bicyclic) bond motifs is 1. The lowest BCUT2D eigenvalue weighted by Crippen LogP contribution is -2.07. The number of aryl methyl sites for hydroxylation is 1. The first-order valence-electron chi connectivity index (χ1n) is 7.25. The molecule has 128 valence electrons. The number of nitro benzene ring substituents is 1. The normalized spacial score (nSPS) is 10.8. The van der Waals surface area contributed by atoms with E-state index in [2.05, 4.69) is 14.7 Å². The molecule has 0 atom stereocenters. The van der Waals surface area contributed by atoms with Crippen molar-refractivity contribution >= 4 is 34.4 Å². The van der Waals surface area contributed by atoms with Crippen molar-refractivity contribution in [2.24, 2.45) is 0 Å². The number of benzene rings is 1. The maximum Gasteiger partial charge on any atom is 0.356 e. The zero-order valence-electron chi connectivity index (χ0n) is 13.4. The first-order chi connectivity index (χ1) is 11.9. The highest BCUT2D eigenvalue weighted by Crippen LogP contribution is 2.25. The average Bonchev–Trinajstić information content (AvgIpc) is 2.90. The van der Waals surface area contributed by atoms with Crippen molar-refractivity contribution in [2.45, 2.75) is 13.5 Å². The van der Waals surface area contributed by atoms with Gasteiger partial charge < -0.3 is 9.30 Å². The Hall–Kier alpha value is -3.00. The Morgan fingerprint density at radius 2 is 2.08 bits per heavy atom. The number of nitrogens with zero attached hydrogens (tertiary/aromatic N) is 4. The van der Waals surface area contributed by atoms with Crippen molar-refractivity contribution in [3.05, 3.63) is 62.6 Å². The van der Waals surface area contributed by atoms with Gasteiger partial charge in [0.1, 0.15) is 11.3 Å².